The number of hydrogen-bond donors (Lipinski definition) is 2. The van der Waals surface area contributed by atoms with Crippen LogP contribution in [0.25, 0.3) is 0 Å². The summed E-state index contributed by atoms with van der Waals surface area (Å²) in [6.07, 6.45) is 1.93. The second kappa shape index (κ2) is 9.96. The number of nitrogens with zero attached hydrogens (tertiary/aromatic N) is 1. The average molecular weight is 420 g/mol. The van der Waals surface area contributed by atoms with Crippen molar-refractivity contribution in [3.8, 4) is 0 Å². The summed E-state index contributed by atoms with van der Waals surface area (Å²) in [7, 11) is 0. The Hall–Kier alpha value is -2.02. The zero-order valence-electron chi connectivity index (χ0n) is 16.1. The third-order valence-corrected chi connectivity index (χ3v) is 5.80. The number of anilines is 1. The quantitative estimate of drug-likeness (QED) is 0.726. The molecule has 7 heteroatoms. The van der Waals surface area contributed by atoms with Gasteiger partial charge in [-0.2, -0.15) is 0 Å². The van der Waals surface area contributed by atoms with E-state index in [4.69, 9.17) is 5.73 Å². The van der Waals surface area contributed by atoms with E-state index >= 15 is 0 Å². The van der Waals surface area contributed by atoms with E-state index in [1.54, 1.807) is 12.1 Å². The number of halogens is 1. The Morgan fingerprint density at radius 3 is 2.50 bits per heavy atom. The first-order valence-corrected chi connectivity index (χ1v) is 10.3. The minimum atomic E-state index is -0.125. The monoisotopic (exact) mass is 419 g/mol. The SMILES string of the molecule is CSc1cc(C(=O)N2C[C@@H](CN)[C@H](c3ccccc3)C2)ccc1NC(C)=O.Cl. The van der Waals surface area contributed by atoms with Crippen molar-refractivity contribution in [1.29, 1.82) is 0 Å². The number of carbonyl (C=O) groups is 2. The van der Waals surface area contributed by atoms with Crippen molar-refractivity contribution in [1.82, 2.24) is 4.90 Å². The Balaban J connectivity index is 0.00000280. The fourth-order valence-electron chi connectivity index (χ4n) is 3.65. The standard InChI is InChI=1S/C21H25N3O2S.ClH/c1-14(25)23-19-9-8-16(10-20(19)27-2)21(26)24-12-17(11-22)18(13-24)15-6-4-3-5-7-15;/h3-10,17-18H,11-13,22H2,1-2H3,(H,23,25);1H/t17-,18+;/m1./s1. The van der Waals surface area contributed by atoms with E-state index in [1.165, 1.54) is 24.2 Å². The van der Waals surface area contributed by atoms with E-state index < -0.39 is 0 Å². The lowest BCUT2D eigenvalue weighted by Gasteiger charge is -2.18. The molecule has 1 heterocycles. The van der Waals surface area contributed by atoms with E-state index in [0.717, 1.165) is 10.6 Å². The van der Waals surface area contributed by atoms with Crippen molar-refractivity contribution in [2.24, 2.45) is 11.7 Å². The number of likely N-dealkylation sites (tertiary alicyclic amines) is 1. The molecule has 0 aromatic heterocycles. The molecule has 0 bridgehead atoms. The number of benzene rings is 2. The molecule has 0 radical (unpaired) electrons. The fourth-order valence-corrected chi connectivity index (χ4v) is 4.24. The highest BCUT2D eigenvalue weighted by Crippen LogP contribution is 2.34. The Bertz CT molecular complexity index is 832. The van der Waals surface area contributed by atoms with Gasteiger partial charge < -0.3 is 16.0 Å². The van der Waals surface area contributed by atoms with Gasteiger partial charge in [-0.25, -0.2) is 0 Å². The van der Waals surface area contributed by atoms with Crippen LogP contribution in [0.5, 0.6) is 0 Å². The van der Waals surface area contributed by atoms with E-state index in [1.807, 2.05) is 35.4 Å². The normalized spacial score (nSPS) is 18.5. The summed E-state index contributed by atoms with van der Waals surface area (Å²) in [5.74, 6) is 0.408. The highest BCUT2D eigenvalue weighted by atomic mass is 35.5. The van der Waals surface area contributed by atoms with Gasteiger partial charge in [0.1, 0.15) is 0 Å². The molecule has 2 atom stereocenters. The van der Waals surface area contributed by atoms with Crippen LogP contribution in [0.1, 0.15) is 28.8 Å². The Kier molecular flexibility index (Phi) is 7.92. The van der Waals surface area contributed by atoms with Gasteiger partial charge in [-0.15, -0.1) is 24.2 Å². The van der Waals surface area contributed by atoms with E-state index in [9.17, 15) is 9.59 Å². The highest BCUT2D eigenvalue weighted by Gasteiger charge is 2.35. The Labute approximate surface area is 176 Å². The van der Waals surface area contributed by atoms with Crippen LogP contribution >= 0.6 is 24.2 Å². The molecule has 1 fully saturated rings. The third kappa shape index (κ3) is 4.87. The van der Waals surface area contributed by atoms with Gasteiger partial charge in [-0.05, 0) is 42.5 Å². The first kappa shape index (κ1) is 22.3. The third-order valence-electron chi connectivity index (χ3n) is 5.02. The number of nitrogens with one attached hydrogen (secondary N) is 1. The summed E-state index contributed by atoms with van der Waals surface area (Å²) in [6, 6.07) is 15.7. The van der Waals surface area contributed by atoms with Gasteiger partial charge in [0.25, 0.3) is 5.91 Å². The van der Waals surface area contributed by atoms with Gasteiger partial charge in [-0.3, -0.25) is 9.59 Å². The molecule has 2 amide bonds. The summed E-state index contributed by atoms with van der Waals surface area (Å²) in [5.41, 5.74) is 8.59. The molecule has 3 N–H and O–H groups in total. The number of rotatable bonds is 5. The molecule has 0 unspecified atom stereocenters. The molecule has 150 valence electrons. The largest absolute Gasteiger partial charge is 0.338 e. The first-order valence-electron chi connectivity index (χ1n) is 9.03. The summed E-state index contributed by atoms with van der Waals surface area (Å²) in [4.78, 5) is 27.2. The van der Waals surface area contributed by atoms with E-state index in [0.29, 0.717) is 25.2 Å². The molecule has 28 heavy (non-hydrogen) atoms. The molecular weight excluding hydrogens is 394 g/mol. The lowest BCUT2D eigenvalue weighted by Crippen LogP contribution is -2.29. The second-order valence-electron chi connectivity index (χ2n) is 6.82. The zero-order chi connectivity index (χ0) is 19.4. The van der Waals surface area contributed by atoms with Crippen molar-refractivity contribution in [2.45, 2.75) is 17.7 Å². The number of amides is 2. The maximum atomic E-state index is 13.1. The van der Waals surface area contributed by atoms with Crippen LogP contribution in [0.2, 0.25) is 0 Å². The van der Waals surface area contributed by atoms with Crippen molar-refractivity contribution in [3.63, 3.8) is 0 Å². The molecule has 0 spiro atoms. The first-order chi connectivity index (χ1) is 13.0. The maximum absolute atomic E-state index is 13.1. The lowest BCUT2D eigenvalue weighted by molar-refractivity contribution is -0.114. The van der Waals surface area contributed by atoms with Gasteiger partial charge in [-0.1, -0.05) is 30.3 Å². The molecule has 3 rings (SSSR count). The van der Waals surface area contributed by atoms with Crippen molar-refractivity contribution in [2.75, 3.05) is 31.2 Å². The summed E-state index contributed by atoms with van der Waals surface area (Å²) in [6.45, 7) is 3.37. The maximum Gasteiger partial charge on any atom is 0.253 e. The van der Waals surface area contributed by atoms with Crippen LogP contribution in [-0.4, -0.2) is 42.6 Å². The molecule has 0 saturated carbocycles. The van der Waals surface area contributed by atoms with Crippen LogP contribution in [-0.2, 0) is 4.79 Å². The van der Waals surface area contributed by atoms with Crippen LogP contribution < -0.4 is 11.1 Å². The second-order valence-corrected chi connectivity index (χ2v) is 7.67. The molecule has 0 aliphatic carbocycles. The van der Waals surface area contributed by atoms with Crippen LogP contribution in [0.4, 0.5) is 5.69 Å². The number of hydrogen-bond acceptors (Lipinski definition) is 4. The molecule has 2 aromatic rings. The molecule has 1 aliphatic rings. The molecule has 2 aromatic carbocycles. The Morgan fingerprint density at radius 1 is 1.18 bits per heavy atom. The molecule has 1 saturated heterocycles. The number of thioether (sulfide) groups is 1. The highest BCUT2D eigenvalue weighted by molar-refractivity contribution is 7.98. The smallest absolute Gasteiger partial charge is 0.253 e. The lowest BCUT2D eigenvalue weighted by atomic mass is 9.89. The fraction of sp³-hybridized carbons (Fsp3) is 0.333. The van der Waals surface area contributed by atoms with Gasteiger partial charge in [0.05, 0.1) is 5.69 Å². The summed E-state index contributed by atoms with van der Waals surface area (Å²) in [5, 5.41) is 2.80. The van der Waals surface area contributed by atoms with Gasteiger partial charge >= 0.3 is 0 Å². The number of carbonyl (C=O) groups excluding carboxylic acids is 2. The molecule has 5 nitrogen and oxygen atoms in total. The van der Waals surface area contributed by atoms with Crippen LogP contribution in [0.3, 0.4) is 0 Å². The summed E-state index contributed by atoms with van der Waals surface area (Å²) < 4.78 is 0. The Morgan fingerprint density at radius 2 is 1.89 bits per heavy atom. The topological polar surface area (TPSA) is 75.4 Å². The van der Waals surface area contributed by atoms with Gasteiger partial charge in [0.15, 0.2) is 0 Å². The van der Waals surface area contributed by atoms with Gasteiger partial charge in [0, 0.05) is 36.4 Å². The molecule has 1 aliphatic heterocycles. The van der Waals surface area contributed by atoms with Crippen molar-refractivity contribution >= 4 is 41.7 Å². The van der Waals surface area contributed by atoms with Crippen molar-refractivity contribution < 1.29 is 9.59 Å². The zero-order valence-corrected chi connectivity index (χ0v) is 17.7. The summed E-state index contributed by atoms with van der Waals surface area (Å²) >= 11 is 1.51. The predicted molar refractivity (Wildman–Crippen MR) is 117 cm³/mol. The minimum absolute atomic E-state index is 0. The average Bonchev–Trinajstić information content (AvgIpc) is 3.12. The van der Waals surface area contributed by atoms with Gasteiger partial charge in [0.2, 0.25) is 5.91 Å². The van der Waals surface area contributed by atoms with Crippen LogP contribution in [0, 0.1) is 5.92 Å². The molecular formula is C21H26ClN3O2S. The minimum Gasteiger partial charge on any atom is -0.338 e. The van der Waals surface area contributed by atoms with E-state index in [-0.39, 0.29) is 36.1 Å². The number of nitrogens with two attached hydrogens (primary N) is 1. The van der Waals surface area contributed by atoms with Crippen LogP contribution in [0.15, 0.2) is 53.4 Å². The van der Waals surface area contributed by atoms with E-state index in [2.05, 4.69) is 17.4 Å². The van der Waals surface area contributed by atoms with Crippen molar-refractivity contribution in [3.05, 3.63) is 59.7 Å². The predicted octanol–water partition coefficient (Wildman–Crippen LogP) is 3.60.